The molecule has 0 saturated heterocycles. The third-order valence-electron chi connectivity index (χ3n) is 3.44. The highest BCUT2D eigenvalue weighted by atomic mass is 32.1. The number of carbonyl (C=O) groups is 1. The largest absolute Gasteiger partial charge is 0.489 e. The van der Waals surface area contributed by atoms with E-state index in [2.05, 4.69) is 16.9 Å². The standard InChI is InChI=1S/C19H18N2O3S/c1-3-9-23-15-7-4-6-14(11-15)20-18(22)12-16-13(2)24-19(21-16)17-8-5-10-25-17/h3-8,10-11H,1,9,12H2,2H3,(H,20,22). The van der Waals surface area contributed by atoms with Crippen LogP contribution in [-0.4, -0.2) is 17.5 Å². The fourth-order valence-electron chi connectivity index (χ4n) is 2.27. The lowest BCUT2D eigenvalue weighted by atomic mass is 10.2. The number of aryl methyl sites for hydroxylation is 1. The average Bonchev–Trinajstić information content (AvgIpc) is 3.24. The van der Waals surface area contributed by atoms with Crippen LogP contribution < -0.4 is 10.1 Å². The Bertz CT molecular complexity index is 869. The van der Waals surface area contributed by atoms with E-state index in [1.807, 2.05) is 42.6 Å². The fraction of sp³-hybridized carbons (Fsp3) is 0.158. The first kappa shape index (κ1) is 17.0. The maximum Gasteiger partial charge on any atom is 0.236 e. The minimum Gasteiger partial charge on any atom is -0.489 e. The minimum atomic E-state index is -0.157. The van der Waals surface area contributed by atoms with Crippen LogP contribution in [0, 0.1) is 6.92 Å². The van der Waals surface area contributed by atoms with Gasteiger partial charge in [0.25, 0.3) is 0 Å². The molecule has 5 nitrogen and oxygen atoms in total. The van der Waals surface area contributed by atoms with Crippen molar-refractivity contribution in [1.29, 1.82) is 0 Å². The zero-order valence-corrected chi connectivity index (χ0v) is 14.6. The number of hydrogen-bond donors (Lipinski definition) is 1. The van der Waals surface area contributed by atoms with Gasteiger partial charge in [-0.1, -0.05) is 24.8 Å². The molecular weight excluding hydrogens is 336 g/mol. The zero-order chi connectivity index (χ0) is 17.6. The van der Waals surface area contributed by atoms with Crippen molar-refractivity contribution in [1.82, 2.24) is 4.98 Å². The highest BCUT2D eigenvalue weighted by molar-refractivity contribution is 7.13. The lowest BCUT2D eigenvalue weighted by molar-refractivity contribution is -0.115. The van der Waals surface area contributed by atoms with Crippen LogP contribution in [0.3, 0.4) is 0 Å². The summed E-state index contributed by atoms with van der Waals surface area (Å²) in [6, 6.07) is 11.1. The first-order valence-electron chi connectivity index (χ1n) is 7.79. The number of ether oxygens (including phenoxy) is 1. The number of aromatic nitrogens is 1. The molecule has 3 rings (SSSR count). The van der Waals surface area contributed by atoms with Crippen molar-refractivity contribution in [2.75, 3.05) is 11.9 Å². The number of amides is 1. The molecule has 0 aliphatic heterocycles. The Morgan fingerprint density at radius 3 is 3.04 bits per heavy atom. The third-order valence-corrected chi connectivity index (χ3v) is 4.30. The van der Waals surface area contributed by atoms with E-state index >= 15 is 0 Å². The Morgan fingerprint density at radius 1 is 1.40 bits per heavy atom. The van der Waals surface area contributed by atoms with Crippen molar-refractivity contribution in [3.8, 4) is 16.5 Å². The van der Waals surface area contributed by atoms with Gasteiger partial charge in [0, 0.05) is 11.8 Å². The Hall–Kier alpha value is -2.86. The molecule has 0 unspecified atom stereocenters. The Morgan fingerprint density at radius 2 is 2.28 bits per heavy atom. The van der Waals surface area contributed by atoms with Gasteiger partial charge in [0.2, 0.25) is 11.8 Å². The molecule has 128 valence electrons. The van der Waals surface area contributed by atoms with Crippen LogP contribution in [0.1, 0.15) is 11.5 Å². The van der Waals surface area contributed by atoms with Gasteiger partial charge in [0.05, 0.1) is 17.0 Å². The number of nitrogens with one attached hydrogen (secondary N) is 1. The Kier molecular flexibility index (Phi) is 5.30. The van der Waals surface area contributed by atoms with Crippen LogP contribution in [0.25, 0.3) is 10.8 Å². The van der Waals surface area contributed by atoms with E-state index in [4.69, 9.17) is 9.15 Å². The van der Waals surface area contributed by atoms with Crippen LogP contribution in [0.2, 0.25) is 0 Å². The molecule has 6 heteroatoms. The predicted octanol–water partition coefficient (Wildman–Crippen LogP) is 4.46. The van der Waals surface area contributed by atoms with Gasteiger partial charge in [-0.05, 0) is 30.5 Å². The summed E-state index contributed by atoms with van der Waals surface area (Å²) >= 11 is 1.55. The SMILES string of the molecule is C=CCOc1cccc(NC(=O)Cc2nc(-c3cccs3)oc2C)c1. The second kappa shape index (κ2) is 7.81. The van der Waals surface area contributed by atoms with E-state index in [-0.39, 0.29) is 12.3 Å². The van der Waals surface area contributed by atoms with E-state index < -0.39 is 0 Å². The summed E-state index contributed by atoms with van der Waals surface area (Å²) in [4.78, 5) is 17.7. The predicted molar refractivity (Wildman–Crippen MR) is 99.0 cm³/mol. The number of rotatable bonds is 7. The molecule has 25 heavy (non-hydrogen) atoms. The van der Waals surface area contributed by atoms with Gasteiger partial charge >= 0.3 is 0 Å². The van der Waals surface area contributed by atoms with Crippen molar-refractivity contribution < 1.29 is 13.9 Å². The Balaban J connectivity index is 1.66. The van der Waals surface area contributed by atoms with Crippen molar-refractivity contribution >= 4 is 22.9 Å². The maximum atomic E-state index is 12.3. The molecule has 1 aromatic carbocycles. The van der Waals surface area contributed by atoms with Crippen LogP contribution >= 0.6 is 11.3 Å². The van der Waals surface area contributed by atoms with Crippen molar-refractivity contribution in [3.63, 3.8) is 0 Å². The van der Waals surface area contributed by atoms with E-state index in [1.54, 1.807) is 23.5 Å². The summed E-state index contributed by atoms with van der Waals surface area (Å²) in [6.45, 7) is 5.85. The quantitative estimate of drug-likeness (QED) is 0.636. The number of thiophene rings is 1. The molecule has 0 aliphatic carbocycles. The number of carbonyl (C=O) groups excluding carboxylic acids is 1. The van der Waals surface area contributed by atoms with Crippen molar-refractivity contribution in [3.05, 3.63) is 65.9 Å². The van der Waals surface area contributed by atoms with Gasteiger partial charge in [-0.2, -0.15) is 0 Å². The number of hydrogen-bond acceptors (Lipinski definition) is 5. The summed E-state index contributed by atoms with van der Waals surface area (Å²) < 4.78 is 11.1. The van der Waals surface area contributed by atoms with E-state index in [9.17, 15) is 4.79 Å². The summed E-state index contributed by atoms with van der Waals surface area (Å²) in [5.41, 5.74) is 1.31. The monoisotopic (exact) mass is 354 g/mol. The van der Waals surface area contributed by atoms with E-state index in [0.717, 1.165) is 4.88 Å². The molecule has 0 radical (unpaired) electrons. The molecule has 0 bridgehead atoms. The first-order valence-corrected chi connectivity index (χ1v) is 8.67. The highest BCUT2D eigenvalue weighted by Gasteiger charge is 2.15. The molecule has 0 saturated carbocycles. The van der Waals surface area contributed by atoms with E-state index in [1.165, 1.54) is 0 Å². The maximum absolute atomic E-state index is 12.3. The zero-order valence-electron chi connectivity index (χ0n) is 13.8. The molecule has 0 spiro atoms. The van der Waals surface area contributed by atoms with Crippen molar-refractivity contribution in [2.24, 2.45) is 0 Å². The molecule has 2 heterocycles. The van der Waals surface area contributed by atoms with Crippen LogP contribution in [0.4, 0.5) is 5.69 Å². The third kappa shape index (κ3) is 4.36. The highest BCUT2D eigenvalue weighted by Crippen LogP contribution is 2.26. The summed E-state index contributed by atoms with van der Waals surface area (Å²) in [5, 5.41) is 4.82. The second-order valence-corrected chi connectivity index (χ2v) is 6.30. The number of benzene rings is 1. The molecule has 1 N–H and O–H groups in total. The second-order valence-electron chi connectivity index (χ2n) is 5.35. The van der Waals surface area contributed by atoms with Gasteiger partial charge < -0.3 is 14.5 Å². The normalized spacial score (nSPS) is 10.4. The molecule has 1 amide bonds. The lowest BCUT2D eigenvalue weighted by Gasteiger charge is -2.07. The van der Waals surface area contributed by atoms with Crippen LogP contribution in [0.5, 0.6) is 5.75 Å². The first-order chi connectivity index (χ1) is 12.2. The summed E-state index contributed by atoms with van der Waals surface area (Å²) in [7, 11) is 0. The fourth-order valence-corrected chi connectivity index (χ4v) is 2.92. The van der Waals surface area contributed by atoms with Gasteiger partial charge in [-0.15, -0.1) is 11.3 Å². The number of oxazole rings is 1. The Labute approximate surface area is 150 Å². The van der Waals surface area contributed by atoms with Gasteiger partial charge in [0.1, 0.15) is 18.1 Å². The molecule has 0 aliphatic rings. The molecule has 3 aromatic rings. The van der Waals surface area contributed by atoms with Gasteiger partial charge in [0.15, 0.2) is 0 Å². The van der Waals surface area contributed by atoms with Gasteiger partial charge in [-0.25, -0.2) is 4.98 Å². The summed E-state index contributed by atoms with van der Waals surface area (Å²) in [6.07, 6.45) is 1.82. The molecular formula is C19H18N2O3S. The van der Waals surface area contributed by atoms with Crippen LogP contribution in [-0.2, 0) is 11.2 Å². The minimum absolute atomic E-state index is 0.151. The summed E-state index contributed by atoms with van der Waals surface area (Å²) in [5.74, 6) is 1.72. The molecule has 0 atom stereocenters. The molecule has 0 fully saturated rings. The smallest absolute Gasteiger partial charge is 0.236 e. The number of nitrogens with zero attached hydrogens (tertiary/aromatic N) is 1. The topological polar surface area (TPSA) is 64.4 Å². The van der Waals surface area contributed by atoms with Crippen LogP contribution in [0.15, 0.2) is 58.9 Å². The van der Waals surface area contributed by atoms with Gasteiger partial charge in [-0.3, -0.25) is 4.79 Å². The van der Waals surface area contributed by atoms with Crippen molar-refractivity contribution in [2.45, 2.75) is 13.3 Å². The molecule has 2 aromatic heterocycles. The lowest BCUT2D eigenvalue weighted by Crippen LogP contribution is -2.15. The average molecular weight is 354 g/mol. The number of anilines is 1. The van der Waals surface area contributed by atoms with E-state index in [0.29, 0.717) is 35.4 Å².